The number of carboxylic acids is 1. The minimum atomic E-state index is -1.06. The van der Waals surface area contributed by atoms with Crippen molar-refractivity contribution in [3.63, 3.8) is 0 Å². The molecule has 0 fully saturated rings. The minimum absolute atomic E-state index is 0.0114. The second kappa shape index (κ2) is 6.05. The van der Waals surface area contributed by atoms with Crippen molar-refractivity contribution in [1.29, 1.82) is 0 Å². The van der Waals surface area contributed by atoms with Crippen molar-refractivity contribution in [2.24, 2.45) is 0 Å². The fourth-order valence-electron chi connectivity index (χ4n) is 3.22. The zero-order valence-electron chi connectivity index (χ0n) is 13.9. The Bertz CT molecular complexity index is 948. The Balaban J connectivity index is 1.75. The number of fused-ring (bicyclic) bond motifs is 1. The van der Waals surface area contributed by atoms with E-state index in [1.54, 1.807) is 0 Å². The van der Waals surface area contributed by atoms with Crippen LogP contribution in [-0.2, 0) is 13.0 Å². The summed E-state index contributed by atoms with van der Waals surface area (Å²) in [5.74, 6) is -0.640. The summed E-state index contributed by atoms with van der Waals surface area (Å²) in [6, 6.07) is 15.9. The molecular weight excluding hydrogens is 316 g/mol. The maximum Gasteiger partial charge on any atom is 0.360 e. The molecule has 0 aliphatic carbocycles. The van der Waals surface area contributed by atoms with Gasteiger partial charge < -0.3 is 10.0 Å². The van der Waals surface area contributed by atoms with Gasteiger partial charge in [-0.1, -0.05) is 42.5 Å². The summed E-state index contributed by atoms with van der Waals surface area (Å²) in [5, 5.41) is 18.3. The van der Waals surface area contributed by atoms with Crippen molar-refractivity contribution in [3.8, 4) is 5.69 Å². The molecule has 0 saturated heterocycles. The Morgan fingerprint density at radius 1 is 1.04 bits per heavy atom. The van der Waals surface area contributed by atoms with E-state index in [9.17, 15) is 9.90 Å². The topological polar surface area (TPSA) is 71.2 Å². The highest BCUT2D eigenvalue weighted by molar-refractivity contribution is 5.91. The van der Waals surface area contributed by atoms with E-state index in [-0.39, 0.29) is 5.69 Å². The van der Waals surface area contributed by atoms with E-state index >= 15 is 0 Å². The predicted octanol–water partition coefficient (Wildman–Crippen LogP) is 2.84. The van der Waals surface area contributed by atoms with Crippen molar-refractivity contribution in [2.75, 3.05) is 11.4 Å². The zero-order chi connectivity index (χ0) is 17.4. The quantitative estimate of drug-likeness (QED) is 0.797. The van der Waals surface area contributed by atoms with Crippen molar-refractivity contribution < 1.29 is 9.90 Å². The highest BCUT2D eigenvalue weighted by atomic mass is 16.4. The molecule has 2 heterocycles. The molecule has 4 rings (SSSR count). The monoisotopic (exact) mass is 334 g/mol. The van der Waals surface area contributed by atoms with Crippen LogP contribution in [0.2, 0.25) is 0 Å². The molecule has 0 radical (unpaired) electrons. The lowest BCUT2D eigenvalue weighted by molar-refractivity contribution is 0.0690. The maximum absolute atomic E-state index is 11.7. The van der Waals surface area contributed by atoms with Gasteiger partial charge in [0.15, 0.2) is 5.82 Å². The molecule has 1 aliphatic rings. The Morgan fingerprint density at radius 2 is 1.76 bits per heavy atom. The lowest BCUT2D eigenvalue weighted by Gasteiger charge is -2.28. The van der Waals surface area contributed by atoms with E-state index in [2.05, 4.69) is 22.3 Å². The first-order valence-corrected chi connectivity index (χ1v) is 8.22. The molecule has 0 unspecified atom stereocenters. The number of anilines is 1. The third-order valence-corrected chi connectivity index (χ3v) is 4.56. The van der Waals surface area contributed by atoms with Gasteiger partial charge in [0.25, 0.3) is 0 Å². The molecule has 0 saturated carbocycles. The van der Waals surface area contributed by atoms with E-state index in [1.165, 1.54) is 15.9 Å². The Morgan fingerprint density at radius 3 is 2.52 bits per heavy atom. The number of rotatable bonds is 3. The van der Waals surface area contributed by atoms with E-state index in [0.717, 1.165) is 24.2 Å². The van der Waals surface area contributed by atoms with Crippen LogP contribution in [0.4, 0.5) is 5.82 Å². The fourth-order valence-corrected chi connectivity index (χ4v) is 3.22. The van der Waals surface area contributed by atoms with Crippen LogP contribution < -0.4 is 4.90 Å². The summed E-state index contributed by atoms with van der Waals surface area (Å²) >= 11 is 0. The molecule has 0 amide bonds. The lowest BCUT2D eigenvalue weighted by Crippen LogP contribution is -2.31. The largest absolute Gasteiger partial charge is 0.476 e. The first-order valence-electron chi connectivity index (χ1n) is 8.22. The van der Waals surface area contributed by atoms with E-state index in [1.807, 2.05) is 48.2 Å². The molecule has 0 atom stereocenters. The molecule has 6 nitrogen and oxygen atoms in total. The third-order valence-electron chi connectivity index (χ3n) is 4.56. The van der Waals surface area contributed by atoms with Gasteiger partial charge in [0.2, 0.25) is 5.69 Å². The van der Waals surface area contributed by atoms with Crippen molar-refractivity contribution in [2.45, 2.75) is 19.9 Å². The van der Waals surface area contributed by atoms with Crippen molar-refractivity contribution in [3.05, 3.63) is 70.9 Å². The number of nitrogens with zero attached hydrogens (tertiary/aromatic N) is 4. The normalized spacial score (nSPS) is 13.6. The first-order chi connectivity index (χ1) is 12.1. The highest BCUT2D eigenvalue weighted by Crippen LogP contribution is 2.26. The van der Waals surface area contributed by atoms with Gasteiger partial charge in [-0.05, 0) is 36.1 Å². The van der Waals surface area contributed by atoms with Gasteiger partial charge in [-0.15, -0.1) is 15.0 Å². The van der Waals surface area contributed by atoms with Gasteiger partial charge in [-0.2, -0.15) is 0 Å². The number of hydrogen-bond acceptors (Lipinski definition) is 4. The predicted molar refractivity (Wildman–Crippen MR) is 94.3 cm³/mol. The molecule has 2 aromatic carbocycles. The van der Waals surface area contributed by atoms with E-state index < -0.39 is 5.97 Å². The second-order valence-electron chi connectivity index (χ2n) is 6.19. The lowest BCUT2D eigenvalue weighted by atomic mass is 10.00. The summed E-state index contributed by atoms with van der Waals surface area (Å²) in [7, 11) is 0. The SMILES string of the molecule is Cc1ccccc1-n1nc(C(=O)O)c(N2CCc3ccccc3C2)n1. The molecule has 1 aromatic heterocycles. The van der Waals surface area contributed by atoms with Gasteiger partial charge in [0.1, 0.15) is 0 Å². The smallest absolute Gasteiger partial charge is 0.360 e. The number of aromatic carboxylic acids is 1. The number of aryl methyl sites for hydroxylation is 1. The summed E-state index contributed by atoms with van der Waals surface area (Å²) in [6.45, 7) is 3.32. The third kappa shape index (κ3) is 2.76. The molecular formula is C19H18N4O2. The Labute approximate surface area is 145 Å². The van der Waals surface area contributed by atoms with E-state index in [4.69, 9.17) is 0 Å². The summed E-state index contributed by atoms with van der Waals surface area (Å²) in [6.07, 6.45) is 0.868. The number of para-hydroxylation sites is 1. The van der Waals surface area contributed by atoms with Gasteiger partial charge >= 0.3 is 5.97 Å². The Kier molecular flexibility index (Phi) is 3.72. The van der Waals surface area contributed by atoms with Gasteiger partial charge in [0.05, 0.1) is 5.69 Å². The number of carbonyl (C=O) groups is 1. The van der Waals surface area contributed by atoms with Crippen LogP contribution in [0.1, 0.15) is 27.2 Å². The average molecular weight is 334 g/mol. The Hall–Kier alpha value is -3.15. The van der Waals surface area contributed by atoms with Crippen LogP contribution in [-0.4, -0.2) is 32.6 Å². The van der Waals surface area contributed by atoms with Crippen molar-refractivity contribution in [1.82, 2.24) is 15.0 Å². The number of hydrogen-bond donors (Lipinski definition) is 1. The number of benzene rings is 2. The van der Waals surface area contributed by atoms with Crippen LogP contribution in [0.25, 0.3) is 5.69 Å². The molecule has 126 valence electrons. The average Bonchev–Trinajstić information content (AvgIpc) is 3.07. The number of carboxylic acid groups (broad SMARTS) is 1. The maximum atomic E-state index is 11.7. The number of aromatic nitrogens is 3. The minimum Gasteiger partial charge on any atom is -0.476 e. The van der Waals surface area contributed by atoms with Crippen LogP contribution in [0.5, 0.6) is 0 Å². The molecule has 6 heteroatoms. The van der Waals surface area contributed by atoms with Gasteiger partial charge in [-0.3, -0.25) is 0 Å². The summed E-state index contributed by atoms with van der Waals surface area (Å²) in [5.41, 5.74) is 4.28. The van der Waals surface area contributed by atoms with Crippen LogP contribution >= 0.6 is 0 Å². The van der Waals surface area contributed by atoms with Gasteiger partial charge in [0, 0.05) is 13.1 Å². The molecule has 25 heavy (non-hydrogen) atoms. The molecule has 0 bridgehead atoms. The zero-order valence-corrected chi connectivity index (χ0v) is 13.9. The summed E-state index contributed by atoms with van der Waals surface area (Å²) < 4.78 is 0. The molecule has 0 spiro atoms. The van der Waals surface area contributed by atoms with Gasteiger partial charge in [-0.25, -0.2) is 4.79 Å². The second-order valence-corrected chi connectivity index (χ2v) is 6.19. The van der Waals surface area contributed by atoms with Crippen LogP contribution in [0.15, 0.2) is 48.5 Å². The molecule has 1 N–H and O–H groups in total. The van der Waals surface area contributed by atoms with E-state index in [0.29, 0.717) is 12.4 Å². The highest BCUT2D eigenvalue weighted by Gasteiger charge is 2.26. The summed E-state index contributed by atoms with van der Waals surface area (Å²) in [4.78, 5) is 15.1. The first kappa shape index (κ1) is 15.4. The van der Waals surface area contributed by atoms with Crippen LogP contribution in [0, 0.1) is 6.92 Å². The molecule has 1 aliphatic heterocycles. The standard InChI is InChI=1S/C19H18N4O2/c1-13-6-2-5-9-16(13)23-20-17(19(24)25)18(21-23)22-11-10-14-7-3-4-8-15(14)12-22/h2-9H,10-12H2,1H3,(H,24,25). The fraction of sp³-hybridized carbons (Fsp3) is 0.211. The van der Waals surface area contributed by atoms with Crippen LogP contribution in [0.3, 0.4) is 0 Å². The molecule has 3 aromatic rings. The van der Waals surface area contributed by atoms with Crippen molar-refractivity contribution >= 4 is 11.8 Å².